The topological polar surface area (TPSA) is 126 Å². The predicted molar refractivity (Wildman–Crippen MR) is 148 cm³/mol. The molecule has 2 aromatic carbocycles. The minimum absolute atomic E-state index is 0.348. The number of hydrogen-bond donors (Lipinski definition) is 2. The number of methoxy groups -OCH3 is 1. The molecule has 206 valence electrons. The lowest BCUT2D eigenvalue weighted by Gasteiger charge is -2.28. The van der Waals surface area contributed by atoms with Gasteiger partial charge in [-0.2, -0.15) is 0 Å². The zero-order valence-electron chi connectivity index (χ0n) is 22.9. The van der Waals surface area contributed by atoms with E-state index in [0.717, 1.165) is 5.56 Å². The van der Waals surface area contributed by atoms with Gasteiger partial charge in [-0.05, 0) is 45.2 Å². The Balaban J connectivity index is 1.56. The third-order valence-electron chi connectivity index (χ3n) is 6.29. The number of nitrogens with zero attached hydrogens (tertiary/aromatic N) is 4. The zero-order valence-corrected chi connectivity index (χ0v) is 22.9. The van der Waals surface area contributed by atoms with Gasteiger partial charge >= 0.3 is 12.1 Å². The predicted octanol–water partition coefficient (Wildman–Crippen LogP) is 4.32. The summed E-state index contributed by atoms with van der Waals surface area (Å²) in [4.78, 5) is 50.5. The van der Waals surface area contributed by atoms with Crippen LogP contribution in [-0.4, -0.2) is 65.2 Å². The molecule has 0 aliphatic carbocycles. The number of nitrogens with one attached hydrogen (secondary N) is 2. The van der Waals surface area contributed by atoms with Crippen LogP contribution in [-0.2, 0) is 16.1 Å². The summed E-state index contributed by atoms with van der Waals surface area (Å²) in [6, 6.07) is 11.9. The first-order chi connectivity index (χ1) is 18.6. The van der Waals surface area contributed by atoms with Crippen molar-refractivity contribution in [1.29, 1.82) is 0 Å². The van der Waals surface area contributed by atoms with Crippen LogP contribution in [0, 0.1) is 0 Å². The van der Waals surface area contributed by atoms with Gasteiger partial charge in [0.25, 0.3) is 0 Å². The highest BCUT2D eigenvalue weighted by atomic mass is 16.6. The highest BCUT2D eigenvalue weighted by molar-refractivity contribution is 6.04. The fraction of sp³-hybridized carbons (Fsp3) is 0.393. The molecular formula is C28H34N6O5. The molecule has 4 rings (SSSR count). The lowest BCUT2D eigenvalue weighted by atomic mass is 10.1. The van der Waals surface area contributed by atoms with E-state index in [1.165, 1.54) is 23.2 Å². The van der Waals surface area contributed by atoms with E-state index in [0.29, 0.717) is 54.1 Å². The second kappa shape index (κ2) is 11.5. The van der Waals surface area contributed by atoms with Crippen LogP contribution in [0.5, 0.6) is 5.75 Å². The van der Waals surface area contributed by atoms with Gasteiger partial charge in [-0.3, -0.25) is 14.6 Å². The molecule has 1 saturated heterocycles. The van der Waals surface area contributed by atoms with Crippen LogP contribution in [0.15, 0.2) is 48.8 Å². The first-order valence-corrected chi connectivity index (χ1v) is 12.8. The van der Waals surface area contributed by atoms with Crippen molar-refractivity contribution in [2.75, 3.05) is 30.9 Å². The molecule has 0 bridgehead atoms. The summed E-state index contributed by atoms with van der Waals surface area (Å²) in [5.74, 6) is 0.391. The van der Waals surface area contributed by atoms with E-state index in [9.17, 15) is 14.4 Å². The van der Waals surface area contributed by atoms with Gasteiger partial charge in [0.1, 0.15) is 29.5 Å². The maximum absolute atomic E-state index is 13.3. The first-order valence-electron chi connectivity index (χ1n) is 12.8. The quantitative estimate of drug-likeness (QED) is 0.482. The van der Waals surface area contributed by atoms with E-state index < -0.39 is 17.7 Å². The van der Waals surface area contributed by atoms with Crippen molar-refractivity contribution in [3.05, 3.63) is 54.4 Å². The fourth-order valence-corrected chi connectivity index (χ4v) is 4.39. The number of carbonyl (C=O) groups excluding carboxylic acids is 3. The number of anilines is 2. The highest BCUT2D eigenvalue weighted by Gasteiger charge is 2.37. The Morgan fingerprint density at radius 1 is 1.13 bits per heavy atom. The Kier molecular flexibility index (Phi) is 8.18. The van der Waals surface area contributed by atoms with Crippen LogP contribution >= 0.6 is 0 Å². The molecule has 0 spiro atoms. The van der Waals surface area contributed by atoms with Gasteiger partial charge in [-0.25, -0.2) is 19.6 Å². The van der Waals surface area contributed by atoms with E-state index in [2.05, 4.69) is 20.6 Å². The molecule has 39 heavy (non-hydrogen) atoms. The summed E-state index contributed by atoms with van der Waals surface area (Å²) in [6.45, 7) is 6.15. The summed E-state index contributed by atoms with van der Waals surface area (Å²) >= 11 is 0. The standard InChI is InChI=1S/C28H34N6O5/c1-28(2,3)39-27(37)34-13-9-12-22(34)25(35)32-21-14-19-20(15-23(21)38-5)30-17-31-24(19)33(4)26(36)29-16-18-10-7-6-8-11-18/h6-8,10-11,14-15,17,22H,9,12-13,16H2,1-5H3,(H,29,36)(H,32,35)/t22-/m0/s1. The van der Waals surface area contributed by atoms with Crippen LogP contribution in [0.1, 0.15) is 39.2 Å². The SMILES string of the molecule is COc1cc2ncnc(N(C)C(=O)NCc3ccccc3)c2cc1NC(=O)[C@@H]1CCCN1C(=O)OC(C)(C)C. The summed E-state index contributed by atoms with van der Waals surface area (Å²) in [6.07, 6.45) is 2.05. The van der Waals surface area contributed by atoms with Crippen molar-refractivity contribution in [2.24, 2.45) is 0 Å². The number of ether oxygens (including phenoxy) is 2. The van der Waals surface area contributed by atoms with E-state index >= 15 is 0 Å². The van der Waals surface area contributed by atoms with E-state index in [1.807, 2.05) is 30.3 Å². The Labute approximate surface area is 227 Å². The summed E-state index contributed by atoms with van der Waals surface area (Å²) in [7, 11) is 3.10. The minimum atomic E-state index is -0.682. The number of rotatable bonds is 6. The lowest BCUT2D eigenvalue weighted by molar-refractivity contribution is -0.120. The minimum Gasteiger partial charge on any atom is -0.494 e. The maximum Gasteiger partial charge on any atom is 0.410 e. The van der Waals surface area contributed by atoms with Gasteiger partial charge in [0.15, 0.2) is 0 Å². The van der Waals surface area contributed by atoms with Crippen LogP contribution < -0.4 is 20.3 Å². The third-order valence-corrected chi connectivity index (χ3v) is 6.29. The molecule has 11 heteroatoms. The number of urea groups is 1. The van der Waals surface area contributed by atoms with E-state index in [-0.39, 0.29) is 11.9 Å². The van der Waals surface area contributed by atoms with Crippen LogP contribution in [0.25, 0.3) is 10.9 Å². The molecule has 1 fully saturated rings. The number of aromatic nitrogens is 2. The number of likely N-dealkylation sites (tertiary alicyclic amines) is 1. The third kappa shape index (κ3) is 6.54. The van der Waals surface area contributed by atoms with Crippen molar-refractivity contribution in [1.82, 2.24) is 20.2 Å². The molecule has 3 aromatic rings. The molecule has 1 aromatic heterocycles. The fourth-order valence-electron chi connectivity index (χ4n) is 4.39. The molecule has 2 N–H and O–H groups in total. The van der Waals surface area contributed by atoms with Crippen molar-refractivity contribution in [2.45, 2.75) is 51.8 Å². The van der Waals surface area contributed by atoms with E-state index in [1.54, 1.807) is 40.0 Å². The largest absolute Gasteiger partial charge is 0.494 e. The van der Waals surface area contributed by atoms with Gasteiger partial charge in [0.2, 0.25) is 5.91 Å². The molecule has 0 saturated carbocycles. The van der Waals surface area contributed by atoms with Gasteiger partial charge < -0.3 is 20.1 Å². The van der Waals surface area contributed by atoms with Crippen LogP contribution in [0.3, 0.4) is 0 Å². The molecule has 0 unspecified atom stereocenters. The Morgan fingerprint density at radius 2 is 1.87 bits per heavy atom. The normalized spacial score (nSPS) is 15.1. The van der Waals surface area contributed by atoms with Gasteiger partial charge in [0, 0.05) is 31.6 Å². The number of fused-ring (bicyclic) bond motifs is 1. The average Bonchev–Trinajstić information content (AvgIpc) is 3.41. The maximum atomic E-state index is 13.3. The zero-order chi connectivity index (χ0) is 28.2. The molecule has 2 heterocycles. The molecule has 11 nitrogen and oxygen atoms in total. The Morgan fingerprint density at radius 3 is 2.56 bits per heavy atom. The monoisotopic (exact) mass is 534 g/mol. The molecule has 1 aliphatic rings. The van der Waals surface area contributed by atoms with Gasteiger partial charge in [-0.15, -0.1) is 0 Å². The molecular weight excluding hydrogens is 500 g/mol. The van der Waals surface area contributed by atoms with Crippen molar-refractivity contribution in [3.8, 4) is 5.75 Å². The van der Waals surface area contributed by atoms with Crippen molar-refractivity contribution < 1.29 is 23.9 Å². The van der Waals surface area contributed by atoms with Crippen LogP contribution in [0.4, 0.5) is 21.1 Å². The number of hydrogen-bond acceptors (Lipinski definition) is 7. The second-order valence-electron chi connectivity index (χ2n) is 10.3. The molecule has 1 aliphatic heterocycles. The van der Waals surface area contributed by atoms with Gasteiger partial charge in [-0.1, -0.05) is 30.3 Å². The molecule has 4 amide bonds. The average molecular weight is 535 g/mol. The Hall–Kier alpha value is -4.41. The Bertz CT molecular complexity index is 1360. The van der Waals surface area contributed by atoms with Crippen molar-refractivity contribution >= 4 is 40.4 Å². The molecule has 1 atom stereocenters. The summed E-state index contributed by atoms with van der Waals surface area (Å²) < 4.78 is 11.0. The number of amides is 4. The summed E-state index contributed by atoms with van der Waals surface area (Å²) in [5.41, 5.74) is 1.21. The van der Waals surface area contributed by atoms with Crippen LogP contribution in [0.2, 0.25) is 0 Å². The van der Waals surface area contributed by atoms with E-state index in [4.69, 9.17) is 9.47 Å². The second-order valence-corrected chi connectivity index (χ2v) is 10.3. The number of carbonyl (C=O) groups is 3. The van der Waals surface area contributed by atoms with Gasteiger partial charge in [0.05, 0.1) is 18.3 Å². The number of benzene rings is 2. The highest BCUT2D eigenvalue weighted by Crippen LogP contribution is 2.34. The summed E-state index contributed by atoms with van der Waals surface area (Å²) in [5, 5.41) is 6.32. The molecule has 0 radical (unpaired) electrons. The lowest BCUT2D eigenvalue weighted by Crippen LogP contribution is -2.45. The smallest absolute Gasteiger partial charge is 0.410 e. The first kappa shape index (κ1) is 27.6. The van der Waals surface area contributed by atoms with Crippen molar-refractivity contribution in [3.63, 3.8) is 0 Å².